The Labute approximate surface area is 119 Å². The first-order valence-electron chi connectivity index (χ1n) is 6.08. The van der Waals surface area contributed by atoms with Crippen molar-refractivity contribution in [3.63, 3.8) is 0 Å². The van der Waals surface area contributed by atoms with Crippen molar-refractivity contribution in [3.8, 4) is 0 Å². The monoisotopic (exact) mass is 303 g/mol. The number of hydrogen-bond acceptors (Lipinski definition) is 4. The highest BCUT2D eigenvalue weighted by Crippen LogP contribution is 2.46. The molecule has 1 saturated carbocycles. The molecule has 1 aliphatic rings. The molecule has 7 heteroatoms. The van der Waals surface area contributed by atoms with Gasteiger partial charge in [-0.25, -0.2) is 17.7 Å². The summed E-state index contributed by atoms with van der Waals surface area (Å²) in [6.07, 6.45) is 3.64. The largest absolute Gasteiger partial charge is 0.369 e. The Hall–Kier alpha value is -0.850. The number of sulfonamides is 1. The van der Waals surface area contributed by atoms with Crippen LogP contribution in [-0.4, -0.2) is 44.2 Å². The number of hydrogen-bond donors (Lipinski definition) is 1. The highest BCUT2D eigenvalue weighted by Gasteiger charge is 2.41. The fourth-order valence-corrected chi connectivity index (χ4v) is 2.87. The predicted octanol–water partition coefficient (Wildman–Crippen LogP) is 1.76. The second-order valence-corrected chi connectivity index (χ2v) is 7.57. The molecule has 0 aliphatic heterocycles. The van der Waals surface area contributed by atoms with Gasteiger partial charge in [-0.05, 0) is 25.0 Å². The minimum absolute atomic E-state index is 0.196. The number of nitrogens with zero attached hydrogens (tertiary/aromatic N) is 2. The molecule has 5 nitrogen and oxygen atoms in total. The third kappa shape index (κ3) is 3.19. The molecule has 106 valence electrons. The van der Waals surface area contributed by atoms with Crippen LogP contribution in [0.15, 0.2) is 23.2 Å². The van der Waals surface area contributed by atoms with Gasteiger partial charge in [0.25, 0.3) is 0 Å². The number of anilines is 1. The van der Waals surface area contributed by atoms with Gasteiger partial charge in [-0.15, -0.1) is 11.6 Å². The summed E-state index contributed by atoms with van der Waals surface area (Å²) in [6.45, 7) is 0.781. The molecule has 0 atom stereocenters. The highest BCUT2D eigenvalue weighted by molar-refractivity contribution is 7.89. The summed E-state index contributed by atoms with van der Waals surface area (Å²) < 4.78 is 24.9. The SMILES string of the molecule is CN(C)S(=O)(=O)c1ccc(NCC2(CCl)CC2)nc1. The quantitative estimate of drug-likeness (QED) is 0.814. The number of aromatic nitrogens is 1. The Balaban J connectivity index is 2.03. The van der Waals surface area contributed by atoms with Crippen LogP contribution in [0.1, 0.15) is 12.8 Å². The zero-order chi connectivity index (χ0) is 14.1. The van der Waals surface area contributed by atoms with Crippen molar-refractivity contribution in [3.05, 3.63) is 18.3 Å². The third-order valence-corrected chi connectivity index (χ3v) is 5.77. The number of alkyl halides is 1. The number of nitrogens with one attached hydrogen (secondary N) is 1. The standard InChI is InChI=1S/C12H18ClN3O2S/c1-16(2)19(17,18)10-3-4-11(14-7-10)15-9-12(8-13)5-6-12/h3-4,7H,5-6,8-9H2,1-2H3,(H,14,15). The van der Waals surface area contributed by atoms with Crippen molar-refractivity contribution in [2.45, 2.75) is 17.7 Å². The molecule has 1 aromatic heterocycles. The van der Waals surface area contributed by atoms with Crippen LogP contribution in [-0.2, 0) is 10.0 Å². The Bertz CT molecular complexity index is 539. The second-order valence-electron chi connectivity index (χ2n) is 5.15. The fraction of sp³-hybridized carbons (Fsp3) is 0.583. The van der Waals surface area contributed by atoms with E-state index in [1.54, 1.807) is 12.1 Å². The second kappa shape index (κ2) is 5.26. The van der Waals surface area contributed by atoms with Crippen LogP contribution in [0.3, 0.4) is 0 Å². The zero-order valence-electron chi connectivity index (χ0n) is 11.1. The van der Waals surface area contributed by atoms with Gasteiger partial charge in [-0.2, -0.15) is 0 Å². The lowest BCUT2D eigenvalue weighted by molar-refractivity contribution is 0.520. The molecule has 2 rings (SSSR count). The molecule has 1 heterocycles. The molecular weight excluding hydrogens is 286 g/mol. The topological polar surface area (TPSA) is 62.3 Å². The maximum absolute atomic E-state index is 11.9. The fourth-order valence-electron chi connectivity index (χ4n) is 1.66. The van der Waals surface area contributed by atoms with Gasteiger partial charge in [0, 0.05) is 38.1 Å². The van der Waals surface area contributed by atoms with E-state index in [1.165, 1.54) is 24.6 Å². The van der Waals surface area contributed by atoms with E-state index in [0.29, 0.717) is 11.7 Å². The van der Waals surface area contributed by atoms with E-state index in [0.717, 1.165) is 19.4 Å². The van der Waals surface area contributed by atoms with E-state index in [1.807, 2.05) is 0 Å². The molecule has 1 aromatic rings. The van der Waals surface area contributed by atoms with Gasteiger partial charge in [0.05, 0.1) is 0 Å². The van der Waals surface area contributed by atoms with Gasteiger partial charge in [0.2, 0.25) is 10.0 Å². The zero-order valence-corrected chi connectivity index (χ0v) is 12.6. The van der Waals surface area contributed by atoms with E-state index in [4.69, 9.17) is 11.6 Å². The van der Waals surface area contributed by atoms with Crippen LogP contribution in [0, 0.1) is 5.41 Å². The van der Waals surface area contributed by atoms with Crippen LogP contribution in [0.2, 0.25) is 0 Å². The highest BCUT2D eigenvalue weighted by atomic mass is 35.5. The van der Waals surface area contributed by atoms with Crippen molar-refractivity contribution in [2.24, 2.45) is 5.41 Å². The normalized spacial score (nSPS) is 17.5. The summed E-state index contributed by atoms with van der Waals surface area (Å²) in [6, 6.07) is 3.24. The van der Waals surface area contributed by atoms with Gasteiger partial charge in [-0.1, -0.05) is 0 Å². The van der Waals surface area contributed by atoms with Crippen LogP contribution >= 0.6 is 11.6 Å². The summed E-state index contributed by atoms with van der Waals surface area (Å²) in [4.78, 5) is 4.33. The van der Waals surface area contributed by atoms with Crippen molar-refractivity contribution in [2.75, 3.05) is 31.8 Å². The van der Waals surface area contributed by atoms with Crippen LogP contribution in [0.5, 0.6) is 0 Å². The van der Waals surface area contributed by atoms with Crippen molar-refractivity contribution < 1.29 is 8.42 Å². The van der Waals surface area contributed by atoms with E-state index in [2.05, 4.69) is 10.3 Å². The minimum Gasteiger partial charge on any atom is -0.369 e. The van der Waals surface area contributed by atoms with Gasteiger partial charge >= 0.3 is 0 Å². The number of halogens is 1. The van der Waals surface area contributed by atoms with Crippen molar-refractivity contribution in [1.82, 2.24) is 9.29 Å². The molecule has 0 saturated heterocycles. The number of pyridine rings is 1. The lowest BCUT2D eigenvalue weighted by Gasteiger charge is -2.14. The lowest BCUT2D eigenvalue weighted by Crippen LogP contribution is -2.22. The van der Waals surface area contributed by atoms with Gasteiger partial charge < -0.3 is 5.32 Å². The third-order valence-electron chi connectivity index (χ3n) is 3.40. The maximum Gasteiger partial charge on any atom is 0.244 e. The molecule has 1 fully saturated rings. The smallest absolute Gasteiger partial charge is 0.244 e. The summed E-state index contributed by atoms with van der Waals surface area (Å²) in [5.74, 6) is 1.32. The van der Waals surface area contributed by atoms with E-state index in [-0.39, 0.29) is 10.3 Å². The molecule has 0 unspecified atom stereocenters. The van der Waals surface area contributed by atoms with Crippen LogP contribution in [0.25, 0.3) is 0 Å². The van der Waals surface area contributed by atoms with Crippen LogP contribution < -0.4 is 5.32 Å². The Kier molecular flexibility index (Phi) is 4.03. The molecule has 0 bridgehead atoms. The first-order chi connectivity index (χ1) is 8.89. The summed E-state index contributed by atoms with van der Waals surface area (Å²) in [5.41, 5.74) is 0.206. The van der Waals surface area contributed by atoms with Gasteiger partial charge in [0.1, 0.15) is 10.7 Å². The molecule has 1 aliphatic carbocycles. The molecular formula is C12H18ClN3O2S. The Morgan fingerprint density at radius 1 is 1.42 bits per heavy atom. The Morgan fingerprint density at radius 2 is 2.11 bits per heavy atom. The van der Waals surface area contributed by atoms with E-state index < -0.39 is 10.0 Å². The first kappa shape index (κ1) is 14.6. The molecule has 0 radical (unpaired) electrons. The van der Waals surface area contributed by atoms with Gasteiger partial charge in [-0.3, -0.25) is 0 Å². The van der Waals surface area contributed by atoms with E-state index >= 15 is 0 Å². The van der Waals surface area contributed by atoms with Crippen molar-refractivity contribution in [1.29, 1.82) is 0 Å². The van der Waals surface area contributed by atoms with E-state index in [9.17, 15) is 8.42 Å². The summed E-state index contributed by atoms with van der Waals surface area (Å²) >= 11 is 5.90. The summed E-state index contributed by atoms with van der Waals surface area (Å²) in [5, 5.41) is 3.20. The molecule has 0 spiro atoms. The Morgan fingerprint density at radius 3 is 2.53 bits per heavy atom. The first-order valence-corrected chi connectivity index (χ1v) is 8.06. The minimum atomic E-state index is -3.41. The summed E-state index contributed by atoms with van der Waals surface area (Å²) in [7, 11) is -0.410. The molecule has 1 N–H and O–H groups in total. The average Bonchev–Trinajstić information content (AvgIpc) is 3.17. The van der Waals surface area contributed by atoms with Crippen LogP contribution in [0.4, 0.5) is 5.82 Å². The average molecular weight is 304 g/mol. The van der Waals surface area contributed by atoms with Gasteiger partial charge in [0.15, 0.2) is 0 Å². The maximum atomic E-state index is 11.9. The van der Waals surface area contributed by atoms with Crippen molar-refractivity contribution >= 4 is 27.4 Å². The molecule has 0 amide bonds. The molecule has 19 heavy (non-hydrogen) atoms. The predicted molar refractivity (Wildman–Crippen MR) is 76.0 cm³/mol. The number of rotatable bonds is 6. The lowest BCUT2D eigenvalue weighted by atomic mass is 10.1. The molecule has 0 aromatic carbocycles.